The average molecular weight is 485 g/mol. The van der Waals surface area contributed by atoms with Gasteiger partial charge in [0.25, 0.3) is 5.00 Å². The first kappa shape index (κ1) is 22.9. The quantitative estimate of drug-likeness (QED) is 0.510. The highest BCUT2D eigenvalue weighted by Crippen LogP contribution is 2.42. The van der Waals surface area contributed by atoms with Gasteiger partial charge in [-0.1, -0.05) is 6.07 Å². The van der Waals surface area contributed by atoms with Gasteiger partial charge in [-0.2, -0.15) is 13.2 Å². The van der Waals surface area contributed by atoms with Gasteiger partial charge in [0.1, 0.15) is 24.0 Å². The molecule has 2 aromatic carbocycles. The summed E-state index contributed by atoms with van der Waals surface area (Å²) in [4.78, 5) is 7.17. The summed E-state index contributed by atoms with van der Waals surface area (Å²) in [7, 11) is -4.71. The molecule has 33 heavy (non-hydrogen) atoms. The van der Waals surface area contributed by atoms with Crippen molar-refractivity contribution in [1.29, 1.82) is 0 Å². The zero-order valence-corrected chi connectivity index (χ0v) is 17.5. The van der Waals surface area contributed by atoms with Gasteiger partial charge >= 0.3 is 6.18 Å². The first-order valence-electron chi connectivity index (χ1n) is 9.45. The van der Waals surface area contributed by atoms with Gasteiger partial charge in [0.05, 0.1) is 16.6 Å². The predicted molar refractivity (Wildman–Crippen MR) is 111 cm³/mol. The lowest BCUT2D eigenvalue weighted by molar-refractivity contribution is -0.137. The molecule has 0 bridgehead atoms. The number of nitrogens with two attached hydrogens (primary N) is 1. The third kappa shape index (κ3) is 4.48. The van der Waals surface area contributed by atoms with Gasteiger partial charge in [0, 0.05) is 12.0 Å². The van der Waals surface area contributed by atoms with Crippen LogP contribution in [0.15, 0.2) is 60.4 Å². The Morgan fingerprint density at radius 3 is 2.48 bits per heavy atom. The number of H-pyrrole nitrogens is 1. The van der Waals surface area contributed by atoms with E-state index in [2.05, 4.69) is 9.97 Å². The van der Waals surface area contributed by atoms with E-state index >= 15 is 4.39 Å². The monoisotopic (exact) mass is 485 g/mol. The zero-order chi connectivity index (χ0) is 24.0. The number of ether oxygens (including phenoxy) is 1. The molecule has 1 atom stereocenters. The van der Waals surface area contributed by atoms with Crippen molar-refractivity contribution in [3.05, 3.63) is 77.4 Å². The number of alkyl halides is 4. The van der Waals surface area contributed by atoms with E-state index in [1.807, 2.05) is 0 Å². The lowest BCUT2D eigenvalue weighted by atomic mass is 9.94. The number of benzene rings is 2. The van der Waals surface area contributed by atoms with Crippen LogP contribution >= 0.6 is 0 Å². The Morgan fingerprint density at radius 1 is 1.15 bits per heavy atom. The Bertz CT molecular complexity index is 1380. The molecule has 0 amide bonds. The maximum atomic E-state index is 15.3. The summed E-state index contributed by atoms with van der Waals surface area (Å²) in [6.07, 6.45) is -3.64. The molecule has 1 unspecified atom stereocenters. The number of halogens is 5. The Morgan fingerprint density at radius 2 is 1.85 bits per heavy atom. The van der Waals surface area contributed by atoms with Gasteiger partial charge in [-0.25, -0.2) is 27.3 Å². The lowest BCUT2D eigenvalue weighted by Gasteiger charge is -2.27. The number of hydrogen-bond acceptors (Lipinski definition) is 4. The second kappa shape index (κ2) is 7.96. The maximum absolute atomic E-state index is 15.3. The molecule has 174 valence electrons. The fraction of sp³-hybridized carbons (Fsp3) is 0.190. The van der Waals surface area contributed by atoms with Crippen LogP contribution in [-0.2, 0) is 22.8 Å². The molecule has 0 saturated heterocycles. The summed E-state index contributed by atoms with van der Waals surface area (Å²) in [5.74, 6) is -0.296. The summed E-state index contributed by atoms with van der Waals surface area (Å²) < 4.78 is 96.2. The van der Waals surface area contributed by atoms with Crippen molar-refractivity contribution < 1.29 is 35.1 Å². The summed E-state index contributed by atoms with van der Waals surface area (Å²) in [6.45, 7) is -0.111. The SMILES string of the molecule is NS(=O)(=O)C1(F)CC=C(F)C=C1c1ccc2nc(COc3ccc(C(F)(F)F)cc3)[nH]c2c1. The molecule has 0 saturated carbocycles. The van der Waals surface area contributed by atoms with E-state index in [1.165, 1.54) is 30.3 Å². The number of hydrogen-bond donors (Lipinski definition) is 2. The van der Waals surface area contributed by atoms with Crippen LogP contribution in [-0.4, -0.2) is 23.4 Å². The molecule has 1 heterocycles. The molecule has 1 aliphatic rings. The number of sulfonamides is 1. The molecule has 3 aromatic rings. The Kier molecular flexibility index (Phi) is 5.53. The van der Waals surface area contributed by atoms with Crippen LogP contribution in [0.25, 0.3) is 16.6 Å². The van der Waals surface area contributed by atoms with Crippen molar-refractivity contribution in [3.63, 3.8) is 0 Å². The number of allylic oxidation sites excluding steroid dienone is 3. The summed E-state index contributed by atoms with van der Waals surface area (Å²) >= 11 is 0. The van der Waals surface area contributed by atoms with Crippen LogP contribution in [0.5, 0.6) is 5.75 Å². The third-order valence-electron chi connectivity index (χ3n) is 5.09. The van der Waals surface area contributed by atoms with Crippen LogP contribution in [0.1, 0.15) is 23.4 Å². The minimum atomic E-state index is -4.71. The van der Waals surface area contributed by atoms with Crippen LogP contribution in [0.3, 0.4) is 0 Å². The summed E-state index contributed by atoms with van der Waals surface area (Å²) in [5, 5.41) is 2.07. The fourth-order valence-corrected chi connectivity index (χ4v) is 4.20. The highest BCUT2D eigenvalue weighted by molar-refractivity contribution is 7.90. The molecule has 0 spiro atoms. The van der Waals surface area contributed by atoms with Gasteiger partial charge in [0.2, 0.25) is 10.0 Å². The van der Waals surface area contributed by atoms with E-state index in [4.69, 9.17) is 9.88 Å². The Labute approximate surface area is 184 Å². The molecular weight excluding hydrogens is 469 g/mol. The zero-order valence-electron chi connectivity index (χ0n) is 16.7. The number of imidazole rings is 1. The summed E-state index contributed by atoms with van der Waals surface area (Å²) in [5.41, 5.74) is -0.355. The highest BCUT2D eigenvalue weighted by Gasteiger charge is 2.47. The van der Waals surface area contributed by atoms with Crippen LogP contribution < -0.4 is 9.88 Å². The van der Waals surface area contributed by atoms with E-state index in [0.29, 0.717) is 16.9 Å². The number of fused-ring (bicyclic) bond motifs is 1. The normalized spacial score (nSPS) is 19.3. The number of rotatable bonds is 5. The number of aromatic amines is 1. The second-order valence-corrected chi connectivity index (χ2v) is 9.09. The maximum Gasteiger partial charge on any atom is 0.416 e. The van der Waals surface area contributed by atoms with E-state index < -0.39 is 44.6 Å². The number of primary sulfonamides is 1. The van der Waals surface area contributed by atoms with Gasteiger partial charge in [-0.15, -0.1) is 0 Å². The van der Waals surface area contributed by atoms with E-state index in [9.17, 15) is 26.0 Å². The van der Waals surface area contributed by atoms with E-state index in [0.717, 1.165) is 24.3 Å². The van der Waals surface area contributed by atoms with Crippen LogP contribution in [0.4, 0.5) is 22.0 Å². The molecule has 12 heteroatoms. The van der Waals surface area contributed by atoms with Crippen molar-refractivity contribution >= 4 is 26.6 Å². The molecule has 0 aliphatic heterocycles. The van der Waals surface area contributed by atoms with Gasteiger partial charge in [-0.3, -0.25) is 0 Å². The van der Waals surface area contributed by atoms with Gasteiger partial charge < -0.3 is 9.72 Å². The average Bonchev–Trinajstić information content (AvgIpc) is 3.15. The van der Waals surface area contributed by atoms with Crippen LogP contribution in [0, 0.1) is 0 Å². The molecule has 4 rings (SSSR count). The topological polar surface area (TPSA) is 98.1 Å². The largest absolute Gasteiger partial charge is 0.486 e. The standard InChI is InChI=1S/C21H16F5N3O3S/c22-14-7-8-20(23,33(27,30)31)16(10-14)12-1-6-17-18(9-12)29-19(28-17)11-32-15-4-2-13(3-5-15)21(24,25)26/h1-7,9-10H,8,11H2,(H,28,29)(H2,27,30,31). The van der Waals surface area contributed by atoms with Gasteiger partial charge in [0.15, 0.2) is 0 Å². The van der Waals surface area contributed by atoms with Crippen molar-refractivity contribution in [2.75, 3.05) is 0 Å². The van der Waals surface area contributed by atoms with Crippen molar-refractivity contribution in [2.24, 2.45) is 5.14 Å². The highest BCUT2D eigenvalue weighted by atomic mass is 32.2. The molecule has 1 aromatic heterocycles. The molecular formula is C21H16F5N3O3S. The number of nitrogens with zero attached hydrogens (tertiary/aromatic N) is 1. The predicted octanol–water partition coefficient (Wildman–Crippen LogP) is 4.76. The minimum Gasteiger partial charge on any atom is -0.486 e. The first-order valence-corrected chi connectivity index (χ1v) is 11.0. The lowest BCUT2D eigenvalue weighted by Crippen LogP contribution is -2.41. The third-order valence-corrected chi connectivity index (χ3v) is 6.38. The molecule has 3 N–H and O–H groups in total. The number of aromatic nitrogens is 2. The smallest absolute Gasteiger partial charge is 0.416 e. The van der Waals surface area contributed by atoms with Crippen molar-refractivity contribution in [2.45, 2.75) is 24.2 Å². The van der Waals surface area contributed by atoms with E-state index in [-0.39, 0.29) is 17.9 Å². The number of nitrogens with one attached hydrogen (secondary N) is 1. The molecule has 6 nitrogen and oxygen atoms in total. The molecule has 0 fully saturated rings. The Hall–Kier alpha value is -3.25. The molecule has 0 radical (unpaired) electrons. The van der Waals surface area contributed by atoms with Crippen molar-refractivity contribution in [3.8, 4) is 5.75 Å². The Balaban J connectivity index is 1.58. The summed E-state index contributed by atoms with van der Waals surface area (Å²) in [6, 6.07) is 8.39. The minimum absolute atomic E-state index is 0.0844. The van der Waals surface area contributed by atoms with Gasteiger partial charge in [-0.05, 0) is 54.1 Å². The second-order valence-electron chi connectivity index (χ2n) is 7.35. The molecule has 1 aliphatic carbocycles. The van der Waals surface area contributed by atoms with Crippen molar-refractivity contribution in [1.82, 2.24) is 9.97 Å². The van der Waals surface area contributed by atoms with E-state index in [1.54, 1.807) is 0 Å². The van der Waals surface area contributed by atoms with Crippen LogP contribution in [0.2, 0.25) is 0 Å². The first-order chi connectivity index (χ1) is 15.4. The fourth-order valence-electron chi connectivity index (χ4n) is 3.40.